The van der Waals surface area contributed by atoms with Gasteiger partial charge in [-0.3, -0.25) is 4.79 Å². The molecule has 182 valence electrons. The number of aryl methyl sites for hydroxylation is 2. The van der Waals surface area contributed by atoms with Crippen LogP contribution in [0.3, 0.4) is 0 Å². The van der Waals surface area contributed by atoms with Crippen LogP contribution in [0, 0.1) is 25.2 Å². The fourth-order valence-corrected chi connectivity index (χ4v) is 5.46. The van der Waals surface area contributed by atoms with Crippen LogP contribution < -0.4 is 16.4 Å². The van der Waals surface area contributed by atoms with Gasteiger partial charge in [-0.25, -0.2) is 4.98 Å². The second kappa shape index (κ2) is 9.94. The number of hydrogen-bond donors (Lipinski definition) is 3. The molecule has 5 aromatic rings. The first-order valence-corrected chi connectivity index (χ1v) is 12.7. The van der Waals surface area contributed by atoms with E-state index in [1.807, 2.05) is 74.5 Å². The number of nitrogens with zero attached hydrogens (tertiary/aromatic N) is 2. The summed E-state index contributed by atoms with van der Waals surface area (Å²) in [5, 5.41) is 17.5. The molecule has 0 radical (unpaired) electrons. The van der Waals surface area contributed by atoms with Crippen LogP contribution in [-0.4, -0.2) is 10.9 Å². The molecule has 0 bridgehead atoms. The number of hydrogen-bond acceptors (Lipinski definition) is 6. The summed E-state index contributed by atoms with van der Waals surface area (Å²) in [7, 11) is 0. The number of nitrogens with one attached hydrogen (secondary N) is 2. The topological polar surface area (TPSA) is 104 Å². The third-order valence-electron chi connectivity index (χ3n) is 5.91. The largest absolute Gasteiger partial charge is 0.383 e. The smallest absolute Gasteiger partial charge is 0.260 e. The van der Waals surface area contributed by atoms with Crippen molar-refractivity contribution >= 4 is 61.3 Å². The third-order valence-corrected chi connectivity index (χ3v) is 7.27. The Kier molecular flexibility index (Phi) is 6.53. The van der Waals surface area contributed by atoms with Crippen LogP contribution in [0.5, 0.6) is 0 Å². The first-order chi connectivity index (χ1) is 17.8. The Morgan fingerprint density at radius 3 is 2.41 bits per heavy atom. The monoisotopic (exact) mass is 523 g/mol. The maximum Gasteiger partial charge on any atom is 0.260 e. The highest BCUT2D eigenvalue weighted by molar-refractivity contribution is 7.24. The Hall–Kier alpha value is -4.38. The maximum atomic E-state index is 13.7. The lowest BCUT2D eigenvalue weighted by Gasteiger charge is -2.10. The summed E-state index contributed by atoms with van der Waals surface area (Å²) in [6, 6.07) is 24.8. The van der Waals surface area contributed by atoms with Crippen molar-refractivity contribution in [1.29, 1.82) is 5.26 Å². The Morgan fingerprint density at radius 2 is 1.73 bits per heavy atom. The molecule has 0 fully saturated rings. The molecule has 2 heterocycles. The van der Waals surface area contributed by atoms with E-state index in [9.17, 15) is 10.1 Å². The molecular formula is C29H22ClN5OS. The second-order valence-corrected chi connectivity index (χ2v) is 10.1. The van der Waals surface area contributed by atoms with E-state index in [0.717, 1.165) is 22.4 Å². The number of rotatable bonds is 5. The molecule has 2 aromatic heterocycles. The van der Waals surface area contributed by atoms with Crippen molar-refractivity contribution in [1.82, 2.24) is 4.98 Å². The van der Waals surface area contributed by atoms with Gasteiger partial charge < -0.3 is 16.4 Å². The SMILES string of the molecule is Cc1ccc(NC(=O)c2c(Nc3cccc(C)c3)sc3c(-c4ccc(Cl)cc4)c(C#N)c(N)nc23)cc1. The van der Waals surface area contributed by atoms with Gasteiger partial charge in [-0.2, -0.15) is 5.26 Å². The lowest BCUT2D eigenvalue weighted by molar-refractivity contribution is 0.102. The van der Waals surface area contributed by atoms with E-state index in [1.165, 1.54) is 11.3 Å². The second-order valence-electron chi connectivity index (χ2n) is 8.66. The molecule has 0 atom stereocenters. The van der Waals surface area contributed by atoms with Crippen molar-refractivity contribution in [2.24, 2.45) is 0 Å². The molecule has 5 rings (SSSR count). The van der Waals surface area contributed by atoms with Crippen LogP contribution in [0.2, 0.25) is 5.02 Å². The van der Waals surface area contributed by atoms with E-state index in [-0.39, 0.29) is 17.3 Å². The first-order valence-electron chi connectivity index (χ1n) is 11.5. The zero-order valence-electron chi connectivity index (χ0n) is 20.1. The van der Waals surface area contributed by atoms with Crippen LogP contribution in [-0.2, 0) is 0 Å². The van der Waals surface area contributed by atoms with E-state index in [1.54, 1.807) is 12.1 Å². The maximum absolute atomic E-state index is 13.7. The van der Waals surface area contributed by atoms with Gasteiger partial charge in [-0.05, 0) is 61.4 Å². The molecule has 8 heteroatoms. The van der Waals surface area contributed by atoms with Gasteiger partial charge in [0.2, 0.25) is 0 Å². The molecule has 1 amide bonds. The number of amides is 1. The number of carbonyl (C=O) groups is 1. The summed E-state index contributed by atoms with van der Waals surface area (Å²) in [4.78, 5) is 18.2. The Morgan fingerprint density at radius 1 is 1.00 bits per heavy atom. The van der Waals surface area contributed by atoms with E-state index < -0.39 is 0 Å². The number of nitrogen functional groups attached to an aromatic ring is 1. The average molecular weight is 524 g/mol. The van der Waals surface area contributed by atoms with E-state index in [4.69, 9.17) is 17.3 Å². The minimum Gasteiger partial charge on any atom is -0.383 e. The summed E-state index contributed by atoms with van der Waals surface area (Å²) >= 11 is 7.48. The minimum atomic E-state index is -0.330. The van der Waals surface area contributed by atoms with Gasteiger partial charge in [0.25, 0.3) is 5.91 Å². The average Bonchev–Trinajstić information content (AvgIpc) is 3.22. The normalized spacial score (nSPS) is 10.8. The van der Waals surface area contributed by atoms with Crippen LogP contribution in [0.15, 0.2) is 72.8 Å². The van der Waals surface area contributed by atoms with E-state index in [0.29, 0.717) is 37.1 Å². The predicted octanol–water partition coefficient (Wildman–Crippen LogP) is 7.68. The number of pyridine rings is 1. The highest BCUT2D eigenvalue weighted by Gasteiger charge is 2.26. The molecule has 0 aliphatic rings. The van der Waals surface area contributed by atoms with Gasteiger partial charge in [-0.15, -0.1) is 11.3 Å². The van der Waals surface area contributed by atoms with Gasteiger partial charge in [0.05, 0.1) is 10.2 Å². The summed E-state index contributed by atoms with van der Waals surface area (Å²) in [6.07, 6.45) is 0. The highest BCUT2D eigenvalue weighted by atomic mass is 35.5. The Bertz CT molecular complexity index is 1690. The first kappa shape index (κ1) is 24.3. The van der Waals surface area contributed by atoms with Crippen molar-refractivity contribution in [3.8, 4) is 17.2 Å². The molecule has 0 unspecified atom stereocenters. The van der Waals surface area contributed by atoms with Gasteiger partial charge in [0.15, 0.2) is 0 Å². The molecular weight excluding hydrogens is 502 g/mol. The third kappa shape index (κ3) is 4.85. The molecule has 0 spiro atoms. The van der Waals surface area contributed by atoms with E-state index >= 15 is 0 Å². The molecule has 6 nitrogen and oxygen atoms in total. The van der Waals surface area contributed by atoms with Crippen LogP contribution >= 0.6 is 22.9 Å². The number of benzene rings is 3. The standard InChI is InChI=1S/C29H22ClN5OS/c1-16-6-12-20(13-7-16)33-28(36)24-25-26(37-29(24)34-21-5-3-4-17(2)14-21)23(22(15-31)27(32)35-25)18-8-10-19(30)11-9-18/h3-14,34H,1-2H3,(H2,32,35)(H,33,36). The molecule has 4 N–H and O–H groups in total. The fourth-order valence-electron chi connectivity index (χ4n) is 4.10. The number of carbonyl (C=O) groups excluding carboxylic acids is 1. The number of nitriles is 1. The Labute approximate surface area is 223 Å². The number of halogens is 1. The zero-order chi connectivity index (χ0) is 26.1. The summed E-state index contributed by atoms with van der Waals surface area (Å²) < 4.78 is 0.678. The number of nitrogens with two attached hydrogens (primary N) is 1. The highest BCUT2D eigenvalue weighted by Crippen LogP contribution is 2.44. The molecule has 0 aliphatic heterocycles. The lowest BCUT2D eigenvalue weighted by Crippen LogP contribution is -2.13. The number of aromatic nitrogens is 1. The van der Waals surface area contributed by atoms with Gasteiger partial charge in [0, 0.05) is 22.0 Å². The lowest BCUT2D eigenvalue weighted by atomic mass is 10.00. The summed E-state index contributed by atoms with van der Waals surface area (Å²) in [6.45, 7) is 3.99. The summed E-state index contributed by atoms with van der Waals surface area (Å²) in [5.41, 5.74) is 12.3. The molecule has 37 heavy (non-hydrogen) atoms. The quantitative estimate of drug-likeness (QED) is 0.219. The number of anilines is 4. The molecule has 0 saturated carbocycles. The van der Waals surface area contributed by atoms with Crippen molar-refractivity contribution in [3.05, 3.63) is 100 Å². The van der Waals surface area contributed by atoms with Gasteiger partial charge in [-0.1, -0.05) is 53.6 Å². The Balaban J connectivity index is 1.74. The van der Waals surface area contributed by atoms with Gasteiger partial charge in [0.1, 0.15) is 28.0 Å². The van der Waals surface area contributed by atoms with Crippen molar-refractivity contribution in [2.75, 3.05) is 16.4 Å². The van der Waals surface area contributed by atoms with Crippen LogP contribution in [0.1, 0.15) is 27.0 Å². The predicted molar refractivity (Wildman–Crippen MR) is 153 cm³/mol. The number of thiophene rings is 1. The van der Waals surface area contributed by atoms with Crippen molar-refractivity contribution < 1.29 is 4.79 Å². The van der Waals surface area contributed by atoms with Crippen LogP contribution in [0.4, 0.5) is 22.2 Å². The van der Waals surface area contributed by atoms with Gasteiger partial charge >= 0.3 is 0 Å². The number of fused-ring (bicyclic) bond motifs is 1. The van der Waals surface area contributed by atoms with Crippen LogP contribution in [0.25, 0.3) is 21.3 Å². The molecule has 0 saturated heterocycles. The van der Waals surface area contributed by atoms with Crippen molar-refractivity contribution in [3.63, 3.8) is 0 Å². The summed E-state index contributed by atoms with van der Waals surface area (Å²) in [5.74, 6) is -0.270. The fraction of sp³-hybridized carbons (Fsp3) is 0.0690. The molecule has 0 aliphatic carbocycles. The zero-order valence-corrected chi connectivity index (χ0v) is 21.7. The van der Waals surface area contributed by atoms with E-state index in [2.05, 4.69) is 21.7 Å². The minimum absolute atomic E-state index is 0.0595. The molecule has 3 aromatic carbocycles. The van der Waals surface area contributed by atoms with Crippen molar-refractivity contribution in [2.45, 2.75) is 13.8 Å².